The number of likely N-dealkylation sites (N-methyl/N-ethyl adjacent to an activating group) is 1. The van der Waals surface area contributed by atoms with Crippen molar-refractivity contribution in [2.75, 3.05) is 64.1 Å². The van der Waals surface area contributed by atoms with E-state index in [1.807, 2.05) is 38.4 Å². The van der Waals surface area contributed by atoms with Gasteiger partial charge in [-0.3, -0.25) is 14.5 Å². The summed E-state index contributed by atoms with van der Waals surface area (Å²) in [6.45, 7) is 6.26. The molecule has 7 heteroatoms. The molecule has 1 saturated heterocycles. The van der Waals surface area contributed by atoms with Crippen molar-refractivity contribution in [3.8, 4) is 0 Å². The van der Waals surface area contributed by atoms with E-state index in [2.05, 4.69) is 63.6 Å². The molecule has 1 aliphatic heterocycles. The average Bonchev–Trinajstić information content (AvgIpc) is 2.81. The van der Waals surface area contributed by atoms with Gasteiger partial charge in [-0.1, -0.05) is 31.2 Å². The molecule has 0 radical (unpaired) electrons. The summed E-state index contributed by atoms with van der Waals surface area (Å²) in [6, 6.07) is 16.0. The Labute approximate surface area is 191 Å². The molecule has 7 nitrogen and oxygen atoms in total. The van der Waals surface area contributed by atoms with E-state index in [0.29, 0.717) is 12.2 Å². The summed E-state index contributed by atoms with van der Waals surface area (Å²) >= 11 is 0. The molecular weight excluding hydrogens is 402 g/mol. The van der Waals surface area contributed by atoms with Crippen molar-refractivity contribution in [3.63, 3.8) is 0 Å². The Balaban J connectivity index is 1.65. The largest absolute Gasteiger partial charge is 0.378 e. The van der Waals surface area contributed by atoms with E-state index in [4.69, 9.17) is 0 Å². The highest BCUT2D eigenvalue weighted by Gasteiger charge is 2.25. The van der Waals surface area contributed by atoms with Gasteiger partial charge in [-0.15, -0.1) is 0 Å². The second-order valence-electron chi connectivity index (χ2n) is 8.56. The lowest BCUT2D eigenvalue weighted by atomic mass is 10.0. The highest BCUT2D eigenvalue weighted by atomic mass is 16.2. The van der Waals surface area contributed by atoms with Gasteiger partial charge in [0, 0.05) is 58.2 Å². The fourth-order valence-corrected chi connectivity index (χ4v) is 3.87. The van der Waals surface area contributed by atoms with Crippen LogP contribution in [0, 0.1) is 0 Å². The van der Waals surface area contributed by atoms with E-state index in [9.17, 15) is 9.59 Å². The smallest absolute Gasteiger partial charge is 0.313 e. The maximum Gasteiger partial charge on any atom is 0.313 e. The lowest BCUT2D eigenvalue weighted by Crippen LogP contribution is -2.49. The van der Waals surface area contributed by atoms with Gasteiger partial charge in [0.05, 0.1) is 6.04 Å². The van der Waals surface area contributed by atoms with Gasteiger partial charge in [0.15, 0.2) is 0 Å². The van der Waals surface area contributed by atoms with Crippen molar-refractivity contribution in [1.29, 1.82) is 0 Å². The van der Waals surface area contributed by atoms with Crippen LogP contribution < -0.4 is 15.5 Å². The number of piperazine rings is 1. The third-order valence-corrected chi connectivity index (χ3v) is 6.06. The van der Waals surface area contributed by atoms with Gasteiger partial charge < -0.3 is 20.4 Å². The number of nitrogens with one attached hydrogen (secondary N) is 2. The summed E-state index contributed by atoms with van der Waals surface area (Å²) in [7, 11) is 6.15. The quantitative estimate of drug-likeness (QED) is 0.651. The van der Waals surface area contributed by atoms with E-state index in [-0.39, 0.29) is 6.04 Å². The first-order valence-corrected chi connectivity index (χ1v) is 11.3. The second kappa shape index (κ2) is 11.1. The number of anilines is 2. The predicted octanol–water partition coefficient (Wildman–Crippen LogP) is 2.36. The van der Waals surface area contributed by atoms with Crippen molar-refractivity contribution in [2.45, 2.75) is 19.4 Å². The fraction of sp³-hybridized carbons (Fsp3) is 0.440. The van der Waals surface area contributed by atoms with Crippen molar-refractivity contribution >= 4 is 23.2 Å². The first-order valence-electron chi connectivity index (χ1n) is 11.3. The monoisotopic (exact) mass is 437 g/mol. The Morgan fingerprint density at radius 2 is 1.56 bits per heavy atom. The lowest BCUT2D eigenvalue weighted by molar-refractivity contribution is -0.136. The van der Waals surface area contributed by atoms with Crippen LogP contribution in [-0.4, -0.2) is 75.5 Å². The number of carbonyl (C=O) groups excluding carboxylic acids is 2. The van der Waals surface area contributed by atoms with Gasteiger partial charge in [-0.25, -0.2) is 0 Å². The fourth-order valence-electron chi connectivity index (χ4n) is 3.87. The van der Waals surface area contributed by atoms with E-state index in [1.165, 1.54) is 5.56 Å². The van der Waals surface area contributed by atoms with Gasteiger partial charge in [0.25, 0.3) is 0 Å². The van der Waals surface area contributed by atoms with Crippen LogP contribution in [0.4, 0.5) is 11.4 Å². The van der Waals surface area contributed by atoms with Crippen molar-refractivity contribution in [3.05, 3.63) is 59.7 Å². The molecule has 0 unspecified atom stereocenters. The van der Waals surface area contributed by atoms with Crippen LogP contribution in [-0.2, 0) is 16.0 Å². The second-order valence-corrected chi connectivity index (χ2v) is 8.56. The number of rotatable bonds is 7. The highest BCUT2D eigenvalue weighted by Crippen LogP contribution is 2.24. The molecule has 0 bridgehead atoms. The van der Waals surface area contributed by atoms with Crippen LogP contribution >= 0.6 is 0 Å². The van der Waals surface area contributed by atoms with Crippen LogP contribution in [0.1, 0.15) is 24.1 Å². The molecule has 1 fully saturated rings. The minimum absolute atomic E-state index is 0.0144. The molecule has 0 aromatic heterocycles. The Morgan fingerprint density at radius 1 is 0.938 bits per heavy atom. The maximum atomic E-state index is 12.5. The summed E-state index contributed by atoms with van der Waals surface area (Å²) < 4.78 is 0. The topological polar surface area (TPSA) is 67.9 Å². The Hall–Kier alpha value is -2.90. The third kappa shape index (κ3) is 6.31. The molecule has 1 aliphatic rings. The van der Waals surface area contributed by atoms with Crippen LogP contribution in [0.25, 0.3) is 0 Å². The minimum atomic E-state index is -0.644. The molecule has 32 heavy (non-hydrogen) atoms. The number of amides is 2. The first-order chi connectivity index (χ1) is 15.4. The van der Waals surface area contributed by atoms with Crippen LogP contribution in [0.3, 0.4) is 0 Å². The molecule has 172 valence electrons. The van der Waals surface area contributed by atoms with Crippen molar-refractivity contribution in [1.82, 2.24) is 15.1 Å². The lowest BCUT2D eigenvalue weighted by Gasteiger charge is -2.38. The minimum Gasteiger partial charge on any atom is -0.378 e. The number of nitrogens with zero attached hydrogens (tertiary/aromatic N) is 3. The Morgan fingerprint density at radius 3 is 2.12 bits per heavy atom. The Bertz CT molecular complexity index is 888. The van der Waals surface area contributed by atoms with Gasteiger partial charge in [0.2, 0.25) is 0 Å². The van der Waals surface area contributed by atoms with Gasteiger partial charge in [0.1, 0.15) is 0 Å². The molecule has 2 amide bonds. The zero-order chi connectivity index (χ0) is 23.1. The molecule has 3 rings (SSSR count). The molecule has 0 spiro atoms. The predicted molar refractivity (Wildman–Crippen MR) is 130 cm³/mol. The molecule has 2 N–H and O–H groups in total. The normalized spacial score (nSPS) is 15.8. The summed E-state index contributed by atoms with van der Waals surface area (Å²) in [5.74, 6) is -1.26. The highest BCUT2D eigenvalue weighted by molar-refractivity contribution is 6.39. The van der Waals surface area contributed by atoms with Gasteiger partial charge in [-0.05, 0) is 48.9 Å². The number of benzene rings is 2. The van der Waals surface area contributed by atoms with Crippen molar-refractivity contribution in [2.24, 2.45) is 0 Å². The molecule has 1 atom stereocenters. The van der Waals surface area contributed by atoms with Crippen LogP contribution in [0.15, 0.2) is 48.5 Å². The maximum absolute atomic E-state index is 12.5. The Kier molecular flexibility index (Phi) is 8.25. The molecule has 1 heterocycles. The zero-order valence-corrected chi connectivity index (χ0v) is 19.6. The molecule has 2 aromatic carbocycles. The summed E-state index contributed by atoms with van der Waals surface area (Å²) in [4.78, 5) is 31.7. The van der Waals surface area contributed by atoms with Crippen LogP contribution in [0.5, 0.6) is 0 Å². The SMILES string of the molecule is CCc1ccc(NC(=O)C(=O)NC[C@H](c2ccc(N(C)C)cc2)N2CCN(C)CC2)cc1. The molecule has 0 saturated carbocycles. The summed E-state index contributed by atoms with van der Waals surface area (Å²) in [5, 5.41) is 5.54. The molecular formula is C25H35N5O2. The van der Waals surface area contributed by atoms with Gasteiger partial charge >= 0.3 is 11.8 Å². The average molecular weight is 438 g/mol. The number of hydrogen-bond donors (Lipinski definition) is 2. The van der Waals surface area contributed by atoms with E-state index in [1.54, 1.807) is 0 Å². The molecule has 0 aliphatic carbocycles. The summed E-state index contributed by atoms with van der Waals surface area (Å²) in [6.07, 6.45) is 0.928. The van der Waals surface area contributed by atoms with Crippen molar-refractivity contribution < 1.29 is 9.59 Å². The molecule has 2 aromatic rings. The first kappa shape index (κ1) is 23.8. The number of carbonyl (C=O) groups is 2. The van der Waals surface area contributed by atoms with E-state index in [0.717, 1.165) is 43.9 Å². The number of aryl methyl sites for hydroxylation is 1. The zero-order valence-electron chi connectivity index (χ0n) is 19.6. The van der Waals surface area contributed by atoms with E-state index < -0.39 is 11.8 Å². The number of hydrogen-bond acceptors (Lipinski definition) is 5. The van der Waals surface area contributed by atoms with E-state index >= 15 is 0 Å². The summed E-state index contributed by atoms with van der Waals surface area (Å²) in [5.41, 5.74) is 4.07. The third-order valence-electron chi connectivity index (χ3n) is 6.06. The standard InChI is InChI=1S/C25H35N5O2/c1-5-19-6-10-21(11-7-19)27-25(32)24(31)26-18-23(30-16-14-29(4)15-17-30)20-8-12-22(13-9-20)28(2)3/h6-13,23H,5,14-18H2,1-4H3,(H,26,31)(H,27,32)/t23-/m1/s1. The van der Waals surface area contributed by atoms with Crippen LogP contribution in [0.2, 0.25) is 0 Å². The van der Waals surface area contributed by atoms with Gasteiger partial charge in [-0.2, -0.15) is 0 Å².